The molecule has 0 aromatic rings. The molecule has 4 nitrogen and oxygen atoms in total. The zero-order valence-electron chi connectivity index (χ0n) is 7.71. The third-order valence-corrected chi connectivity index (χ3v) is 2.44. The Labute approximate surface area is 73.1 Å². The van der Waals surface area contributed by atoms with Gasteiger partial charge in [-0.05, 0) is 19.9 Å². The van der Waals surface area contributed by atoms with Gasteiger partial charge < -0.3 is 11.1 Å². The molecule has 70 valence electrons. The molecule has 0 aromatic heterocycles. The van der Waals surface area contributed by atoms with Crippen molar-refractivity contribution in [1.82, 2.24) is 10.2 Å². The van der Waals surface area contributed by atoms with Crippen molar-refractivity contribution < 1.29 is 4.79 Å². The molecule has 1 saturated carbocycles. The van der Waals surface area contributed by atoms with Gasteiger partial charge in [-0.3, -0.25) is 9.69 Å². The smallest absolute Gasteiger partial charge is 0.233 e. The maximum Gasteiger partial charge on any atom is 0.233 e. The first-order valence-electron chi connectivity index (χ1n) is 4.30. The lowest BCUT2D eigenvalue weighted by molar-refractivity contribution is -0.122. The fourth-order valence-corrected chi connectivity index (χ4v) is 1.42. The Morgan fingerprint density at radius 1 is 1.67 bits per heavy atom. The van der Waals surface area contributed by atoms with Crippen molar-refractivity contribution in [2.45, 2.75) is 24.9 Å². The van der Waals surface area contributed by atoms with E-state index in [1.165, 1.54) is 0 Å². The summed E-state index contributed by atoms with van der Waals surface area (Å²) >= 11 is 0. The van der Waals surface area contributed by atoms with Gasteiger partial charge >= 0.3 is 0 Å². The number of likely N-dealkylation sites (N-methyl/N-ethyl adjacent to an activating group) is 2. The molecule has 0 saturated heterocycles. The van der Waals surface area contributed by atoms with Crippen molar-refractivity contribution in [3.05, 3.63) is 0 Å². The highest BCUT2D eigenvalue weighted by molar-refractivity contribution is 5.77. The Morgan fingerprint density at radius 2 is 2.25 bits per heavy atom. The molecule has 0 radical (unpaired) electrons. The normalized spacial score (nSPS) is 28.3. The van der Waals surface area contributed by atoms with Crippen molar-refractivity contribution in [1.29, 1.82) is 0 Å². The minimum Gasteiger partial charge on any atom is -0.358 e. The number of nitrogens with zero attached hydrogens (tertiary/aromatic N) is 1. The molecule has 1 rings (SSSR count). The summed E-state index contributed by atoms with van der Waals surface area (Å²) in [6.07, 6.45) is 2.04. The predicted molar refractivity (Wildman–Crippen MR) is 47.7 cm³/mol. The van der Waals surface area contributed by atoms with Gasteiger partial charge in [-0.25, -0.2) is 0 Å². The van der Waals surface area contributed by atoms with Gasteiger partial charge in [0.2, 0.25) is 5.91 Å². The summed E-state index contributed by atoms with van der Waals surface area (Å²) in [5, 5.41) is 2.60. The highest BCUT2D eigenvalue weighted by atomic mass is 16.1. The van der Waals surface area contributed by atoms with Crippen LogP contribution in [-0.2, 0) is 4.79 Å². The number of hydrogen-bond acceptors (Lipinski definition) is 3. The molecule has 0 aromatic carbocycles. The molecule has 4 heteroatoms. The van der Waals surface area contributed by atoms with Crippen LogP contribution in [0.2, 0.25) is 0 Å². The molecule has 12 heavy (non-hydrogen) atoms. The number of carbonyl (C=O) groups excluding carboxylic acids is 1. The molecule has 1 aliphatic carbocycles. The largest absolute Gasteiger partial charge is 0.358 e. The van der Waals surface area contributed by atoms with Gasteiger partial charge in [-0.1, -0.05) is 0 Å². The predicted octanol–water partition coefficient (Wildman–Crippen LogP) is -0.846. The van der Waals surface area contributed by atoms with Crippen molar-refractivity contribution >= 4 is 5.91 Å². The van der Waals surface area contributed by atoms with E-state index in [1.54, 1.807) is 7.05 Å². The second kappa shape index (κ2) is 3.87. The van der Waals surface area contributed by atoms with Crippen molar-refractivity contribution in [2.75, 3.05) is 20.6 Å². The Balaban J connectivity index is 2.20. The maximum atomic E-state index is 11.0. The third-order valence-electron chi connectivity index (χ3n) is 2.44. The van der Waals surface area contributed by atoms with Gasteiger partial charge in [0.15, 0.2) is 0 Å². The van der Waals surface area contributed by atoms with Crippen LogP contribution in [0, 0.1) is 0 Å². The van der Waals surface area contributed by atoms with Gasteiger partial charge in [0.1, 0.15) is 0 Å². The number of hydrogen-bond donors (Lipinski definition) is 2. The summed E-state index contributed by atoms with van der Waals surface area (Å²) in [5.74, 6) is 0.0676. The van der Waals surface area contributed by atoms with Gasteiger partial charge in [0.05, 0.1) is 6.54 Å². The van der Waals surface area contributed by atoms with Gasteiger partial charge in [-0.15, -0.1) is 0 Å². The highest BCUT2D eigenvalue weighted by Crippen LogP contribution is 2.22. The van der Waals surface area contributed by atoms with Crippen LogP contribution < -0.4 is 11.1 Å². The first-order valence-corrected chi connectivity index (χ1v) is 4.30. The van der Waals surface area contributed by atoms with Gasteiger partial charge in [-0.2, -0.15) is 0 Å². The van der Waals surface area contributed by atoms with Crippen LogP contribution >= 0.6 is 0 Å². The molecule has 3 N–H and O–H groups in total. The molecule has 0 heterocycles. The van der Waals surface area contributed by atoms with Crippen molar-refractivity contribution in [3.8, 4) is 0 Å². The summed E-state index contributed by atoms with van der Waals surface area (Å²) in [7, 11) is 3.62. The first-order chi connectivity index (χ1) is 5.63. The summed E-state index contributed by atoms with van der Waals surface area (Å²) in [6, 6.07) is 0.861. The Kier molecular flexibility index (Phi) is 3.05. The van der Waals surface area contributed by atoms with Gasteiger partial charge in [0.25, 0.3) is 0 Å². The van der Waals surface area contributed by atoms with E-state index >= 15 is 0 Å². The average Bonchev–Trinajstić information content (AvgIpc) is 1.98. The van der Waals surface area contributed by atoms with E-state index in [4.69, 9.17) is 5.73 Å². The van der Waals surface area contributed by atoms with Crippen LogP contribution in [0.4, 0.5) is 0 Å². The quantitative estimate of drug-likeness (QED) is 0.582. The summed E-state index contributed by atoms with van der Waals surface area (Å²) in [5.41, 5.74) is 5.64. The van der Waals surface area contributed by atoms with E-state index in [9.17, 15) is 4.79 Å². The number of nitrogens with one attached hydrogen (secondary N) is 1. The second-order valence-corrected chi connectivity index (χ2v) is 3.47. The topological polar surface area (TPSA) is 58.4 Å². The lowest BCUT2D eigenvalue weighted by atomic mass is 9.86. The molecule has 0 spiro atoms. The Hall–Kier alpha value is -0.610. The van der Waals surface area contributed by atoms with E-state index in [0.717, 1.165) is 12.8 Å². The molecule has 1 fully saturated rings. The first kappa shape index (κ1) is 9.48. The minimum absolute atomic E-state index is 0.0676. The fraction of sp³-hybridized carbons (Fsp3) is 0.875. The number of amides is 1. The van der Waals surface area contributed by atoms with Crippen LogP contribution in [0.3, 0.4) is 0 Å². The molecule has 1 aliphatic rings. The molecule has 0 unspecified atom stereocenters. The van der Waals surface area contributed by atoms with Crippen molar-refractivity contribution in [2.24, 2.45) is 5.73 Å². The molecular weight excluding hydrogens is 154 g/mol. The molecular formula is C8H17N3O. The SMILES string of the molecule is CNC(=O)CN(C)C1CC(N)C1. The molecule has 0 aliphatic heterocycles. The Bertz CT molecular complexity index is 166. The highest BCUT2D eigenvalue weighted by Gasteiger charge is 2.29. The lowest BCUT2D eigenvalue weighted by Gasteiger charge is -2.38. The van der Waals surface area contributed by atoms with E-state index in [2.05, 4.69) is 10.2 Å². The van der Waals surface area contributed by atoms with Crippen molar-refractivity contribution in [3.63, 3.8) is 0 Å². The zero-order valence-corrected chi connectivity index (χ0v) is 7.71. The number of nitrogens with two attached hydrogens (primary N) is 1. The zero-order chi connectivity index (χ0) is 9.14. The standard InChI is InChI=1S/C8H17N3O/c1-10-8(12)5-11(2)7-3-6(9)4-7/h6-7H,3-5,9H2,1-2H3,(H,10,12). The second-order valence-electron chi connectivity index (χ2n) is 3.47. The number of carbonyl (C=O) groups is 1. The summed E-state index contributed by atoms with van der Waals surface area (Å²) in [4.78, 5) is 13.0. The van der Waals surface area contributed by atoms with E-state index < -0.39 is 0 Å². The maximum absolute atomic E-state index is 11.0. The van der Waals surface area contributed by atoms with E-state index in [-0.39, 0.29) is 5.91 Å². The summed E-state index contributed by atoms with van der Waals surface area (Å²) < 4.78 is 0. The summed E-state index contributed by atoms with van der Waals surface area (Å²) in [6.45, 7) is 0.480. The monoisotopic (exact) mass is 171 g/mol. The minimum atomic E-state index is 0.0676. The van der Waals surface area contributed by atoms with E-state index in [0.29, 0.717) is 18.6 Å². The average molecular weight is 171 g/mol. The van der Waals surface area contributed by atoms with E-state index in [1.807, 2.05) is 7.05 Å². The van der Waals surface area contributed by atoms with Crippen LogP contribution in [-0.4, -0.2) is 43.5 Å². The van der Waals surface area contributed by atoms with Crippen LogP contribution in [0.5, 0.6) is 0 Å². The third kappa shape index (κ3) is 2.19. The Morgan fingerprint density at radius 3 is 2.67 bits per heavy atom. The van der Waals surface area contributed by atoms with Crippen LogP contribution in [0.25, 0.3) is 0 Å². The molecule has 0 atom stereocenters. The lowest BCUT2D eigenvalue weighted by Crippen LogP contribution is -2.51. The van der Waals surface area contributed by atoms with Gasteiger partial charge in [0, 0.05) is 19.1 Å². The number of rotatable bonds is 3. The molecule has 1 amide bonds. The molecule has 0 bridgehead atoms. The fourth-order valence-electron chi connectivity index (χ4n) is 1.42. The van der Waals surface area contributed by atoms with Crippen LogP contribution in [0.15, 0.2) is 0 Å². The van der Waals surface area contributed by atoms with Crippen LogP contribution in [0.1, 0.15) is 12.8 Å².